The highest BCUT2D eigenvalue weighted by Crippen LogP contribution is 2.43. The third-order valence-corrected chi connectivity index (χ3v) is 4.98. The number of fused-ring (bicyclic) bond motifs is 3. The highest BCUT2D eigenvalue weighted by molar-refractivity contribution is 6.35. The molecule has 1 atom stereocenters. The number of benzene rings is 1. The third-order valence-electron chi connectivity index (χ3n) is 4.67. The number of carboxylic acid groups (broad SMARTS) is 1. The summed E-state index contributed by atoms with van der Waals surface area (Å²) in [6.45, 7) is 4.62. The summed E-state index contributed by atoms with van der Waals surface area (Å²) in [6, 6.07) is 3.95. The van der Waals surface area contributed by atoms with Crippen LogP contribution in [0.3, 0.4) is 0 Å². The summed E-state index contributed by atoms with van der Waals surface area (Å²) < 4.78 is 5.94. The summed E-state index contributed by atoms with van der Waals surface area (Å²) in [4.78, 5) is 14.7. The molecule has 4 nitrogen and oxygen atoms in total. The molecule has 0 aliphatic carbocycles. The number of aromatic nitrogens is 1. The van der Waals surface area contributed by atoms with Crippen LogP contribution in [0.2, 0.25) is 5.02 Å². The van der Waals surface area contributed by atoms with Crippen LogP contribution in [0.25, 0.3) is 10.9 Å². The second-order valence-corrected chi connectivity index (χ2v) is 6.21. The van der Waals surface area contributed by atoms with Crippen molar-refractivity contribution in [2.45, 2.75) is 45.1 Å². The predicted molar refractivity (Wildman–Crippen MR) is 86.6 cm³/mol. The van der Waals surface area contributed by atoms with Crippen molar-refractivity contribution in [3.63, 3.8) is 0 Å². The monoisotopic (exact) mass is 321 g/mol. The van der Waals surface area contributed by atoms with E-state index in [1.54, 1.807) is 0 Å². The normalized spacial score (nSPS) is 21.0. The molecule has 1 aromatic heterocycles. The third kappa shape index (κ3) is 2.22. The van der Waals surface area contributed by atoms with E-state index < -0.39 is 11.6 Å². The predicted octanol–water partition coefficient (Wildman–Crippen LogP) is 4.04. The topological polar surface area (TPSA) is 62.3 Å². The number of aromatic amines is 1. The van der Waals surface area contributed by atoms with Crippen LogP contribution in [-0.4, -0.2) is 22.7 Å². The van der Waals surface area contributed by atoms with E-state index in [9.17, 15) is 9.90 Å². The maximum atomic E-state index is 11.3. The minimum Gasteiger partial charge on any atom is -0.481 e. The van der Waals surface area contributed by atoms with Crippen molar-refractivity contribution in [1.82, 2.24) is 4.98 Å². The molecule has 118 valence electrons. The van der Waals surface area contributed by atoms with E-state index in [1.807, 2.05) is 13.0 Å². The standard InChI is InChI=1S/C17H20ClNO3/c1-3-10-5-6-12(18)15-14(10)11-7-8-22-17(4-2,9-13(20)21)16(11)19-15/h5-6,19H,3-4,7-9H2,1-2H3,(H,20,21). The van der Waals surface area contributed by atoms with Gasteiger partial charge in [-0.25, -0.2) is 0 Å². The van der Waals surface area contributed by atoms with Crippen LogP contribution >= 0.6 is 11.6 Å². The number of nitrogens with one attached hydrogen (secondary N) is 1. The lowest BCUT2D eigenvalue weighted by molar-refractivity contribution is -0.148. The van der Waals surface area contributed by atoms with Crippen molar-refractivity contribution in [3.8, 4) is 0 Å². The van der Waals surface area contributed by atoms with Crippen LogP contribution < -0.4 is 0 Å². The quantitative estimate of drug-likeness (QED) is 0.893. The molecule has 0 bridgehead atoms. The highest BCUT2D eigenvalue weighted by atomic mass is 35.5. The number of hydrogen-bond acceptors (Lipinski definition) is 2. The molecule has 1 aromatic carbocycles. The number of rotatable bonds is 4. The number of hydrogen-bond donors (Lipinski definition) is 2. The first kappa shape index (κ1) is 15.4. The smallest absolute Gasteiger partial charge is 0.306 e. The molecular formula is C17H20ClNO3. The highest BCUT2D eigenvalue weighted by Gasteiger charge is 2.41. The molecule has 22 heavy (non-hydrogen) atoms. The molecule has 0 saturated carbocycles. The molecule has 0 amide bonds. The average Bonchev–Trinajstić information content (AvgIpc) is 2.89. The molecule has 5 heteroatoms. The van der Waals surface area contributed by atoms with Gasteiger partial charge < -0.3 is 14.8 Å². The van der Waals surface area contributed by atoms with Crippen LogP contribution in [0.15, 0.2) is 12.1 Å². The molecule has 3 rings (SSSR count). The zero-order valence-electron chi connectivity index (χ0n) is 12.8. The molecule has 0 spiro atoms. The molecule has 0 saturated heterocycles. The van der Waals surface area contributed by atoms with Gasteiger partial charge in [0.2, 0.25) is 0 Å². The van der Waals surface area contributed by atoms with E-state index in [-0.39, 0.29) is 6.42 Å². The maximum Gasteiger partial charge on any atom is 0.306 e. The van der Waals surface area contributed by atoms with Gasteiger partial charge in [0, 0.05) is 5.39 Å². The van der Waals surface area contributed by atoms with Gasteiger partial charge in [-0.05, 0) is 36.5 Å². The van der Waals surface area contributed by atoms with Gasteiger partial charge in [0.05, 0.1) is 29.3 Å². The van der Waals surface area contributed by atoms with E-state index in [1.165, 1.54) is 11.1 Å². The Morgan fingerprint density at radius 3 is 2.86 bits per heavy atom. The second kappa shape index (κ2) is 5.60. The molecule has 1 unspecified atom stereocenters. The number of aryl methyl sites for hydroxylation is 1. The first-order valence-electron chi connectivity index (χ1n) is 7.70. The Morgan fingerprint density at radius 2 is 2.23 bits per heavy atom. The summed E-state index contributed by atoms with van der Waals surface area (Å²) in [7, 11) is 0. The lowest BCUT2D eigenvalue weighted by Gasteiger charge is -2.35. The fraction of sp³-hybridized carbons (Fsp3) is 0.471. The van der Waals surface area contributed by atoms with E-state index in [2.05, 4.69) is 18.0 Å². The van der Waals surface area contributed by atoms with Gasteiger partial charge in [0.25, 0.3) is 0 Å². The van der Waals surface area contributed by atoms with Crippen molar-refractivity contribution >= 4 is 28.5 Å². The number of carbonyl (C=O) groups is 1. The van der Waals surface area contributed by atoms with Gasteiger partial charge in [0.15, 0.2) is 0 Å². The van der Waals surface area contributed by atoms with E-state index >= 15 is 0 Å². The zero-order chi connectivity index (χ0) is 15.9. The van der Waals surface area contributed by atoms with Crippen LogP contribution in [-0.2, 0) is 28.0 Å². The van der Waals surface area contributed by atoms with Crippen molar-refractivity contribution < 1.29 is 14.6 Å². The Labute approximate surface area is 134 Å². The first-order valence-corrected chi connectivity index (χ1v) is 8.08. The van der Waals surface area contributed by atoms with Crippen LogP contribution in [0.5, 0.6) is 0 Å². The van der Waals surface area contributed by atoms with Gasteiger partial charge in [0.1, 0.15) is 5.60 Å². The summed E-state index contributed by atoms with van der Waals surface area (Å²) in [6.07, 6.45) is 2.27. The molecule has 1 aliphatic heterocycles. The van der Waals surface area contributed by atoms with E-state index in [0.717, 1.165) is 29.4 Å². The van der Waals surface area contributed by atoms with E-state index in [4.69, 9.17) is 16.3 Å². The maximum absolute atomic E-state index is 11.3. The largest absolute Gasteiger partial charge is 0.481 e. The summed E-state index contributed by atoms with van der Waals surface area (Å²) >= 11 is 6.36. The minimum absolute atomic E-state index is 0.0393. The fourth-order valence-corrected chi connectivity index (χ4v) is 3.76. The number of H-pyrrole nitrogens is 1. The summed E-state index contributed by atoms with van der Waals surface area (Å²) in [5.41, 5.74) is 3.41. The van der Waals surface area contributed by atoms with Crippen molar-refractivity contribution in [3.05, 3.63) is 34.0 Å². The van der Waals surface area contributed by atoms with Crippen LogP contribution in [0.4, 0.5) is 0 Å². The Kier molecular flexibility index (Phi) is 3.91. The Morgan fingerprint density at radius 1 is 1.45 bits per heavy atom. The minimum atomic E-state index is -0.852. The number of halogens is 1. The molecule has 2 N–H and O–H groups in total. The Balaban J connectivity index is 2.30. The molecule has 0 radical (unpaired) electrons. The number of aliphatic carboxylic acids is 1. The lowest BCUT2D eigenvalue weighted by Crippen LogP contribution is -2.37. The zero-order valence-corrected chi connectivity index (χ0v) is 13.6. The second-order valence-electron chi connectivity index (χ2n) is 5.81. The summed E-state index contributed by atoms with van der Waals surface area (Å²) in [5, 5.41) is 11.1. The average molecular weight is 322 g/mol. The van der Waals surface area contributed by atoms with Gasteiger partial charge in [-0.15, -0.1) is 0 Å². The van der Waals surface area contributed by atoms with Crippen molar-refractivity contribution in [2.75, 3.05) is 6.61 Å². The Hall–Kier alpha value is -1.52. The van der Waals surface area contributed by atoms with Gasteiger partial charge in [-0.2, -0.15) is 0 Å². The number of ether oxygens (including phenoxy) is 1. The van der Waals surface area contributed by atoms with Gasteiger partial charge in [-0.3, -0.25) is 4.79 Å². The van der Waals surface area contributed by atoms with Gasteiger partial charge >= 0.3 is 5.97 Å². The lowest BCUT2D eigenvalue weighted by atomic mass is 9.85. The SMILES string of the molecule is CCc1ccc(Cl)c2[nH]c3c(c12)CCOC3(CC)CC(=O)O. The first-order chi connectivity index (χ1) is 10.5. The fourth-order valence-electron chi connectivity index (χ4n) is 3.55. The van der Waals surface area contributed by atoms with E-state index in [0.29, 0.717) is 18.1 Å². The molecule has 0 fully saturated rings. The van der Waals surface area contributed by atoms with Crippen LogP contribution in [0, 0.1) is 0 Å². The van der Waals surface area contributed by atoms with Gasteiger partial charge in [-0.1, -0.05) is 31.5 Å². The summed E-state index contributed by atoms with van der Waals surface area (Å²) in [5.74, 6) is -0.852. The molecule has 2 heterocycles. The van der Waals surface area contributed by atoms with Crippen molar-refractivity contribution in [2.24, 2.45) is 0 Å². The molecular weight excluding hydrogens is 302 g/mol. The Bertz CT molecular complexity index is 737. The molecule has 1 aliphatic rings. The van der Waals surface area contributed by atoms with Crippen molar-refractivity contribution in [1.29, 1.82) is 0 Å². The molecule has 2 aromatic rings. The number of carboxylic acids is 1. The van der Waals surface area contributed by atoms with Crippen LogP contribution in [0.1, 0.15) is 43.5 Å².